The number of hydrogen-bond acceptors (Lipinski definition) is 3. The molecule has 2 N–H and O–H groups in total. The van der Waals surface area contributed by atoms with Crippen molar-refractivity contribution in [1.82, 2.24) is 10.6 Å². The van der Waals surface area contributed by atoms with Crippen LogP contribution in [0.2, 0.25) is 0 Å². The molecule has 0 spiro atoms. The first-order chi connectivity index (χ1) is 10.0. The van der Waals surface area contributed by atoms with Gasteiger partial charge in [0.1, 0.15) is 5.41 Å². The largest absolute Gasteiger partial charge is 0.328 e. The van der Waals surface area contributed by atoms with Gasteiger partial charge in [0.2, 0.25) is 11.8 Å². The number of carbonyl (C=O) groups excluding carboxylic acids is 3. The number of barbiturate groups is 1. The van der Waals surface area contributed by atoms with E-state index in [1.165, 1.54) is 0 Å². The second-order valence-corrected chi connectivity index (χ2v) is 5.50. The number of aryl methyl sites for hydroxylation is 1. The van der Waals surface area contributed by atoms with Crippen LogP contribution in [0.4, 0.5) is 4.79 Å². The minimum atomic E-state index is -1.18. The van der Waals surface area contributed by atoms with E-state index in [-0.39, 0.29) is 35.5 Å². The summed E-state index contributed by atoms with van der Waals surface area (Å²) in [6.45, 7) is 3.81. The Morgan fingerprint density at radius 3 is 2.09 bits per heavy atom. The Kier molecular flexibility index (Phi) is 6.78. The van der Waals surface area contributed by atoms with Gasteiger partial charge in [-0.15, -0.1) is 0 Å². The molecule has 1 atom stereocenters. The minimum absolute atomic E-state index is 0. The monoisotopic (exact) mass is 311 g/mol. The summed E-state index contributed by atoms with van der Waals surface area (Å²) in [5.41, 5.74) is -0.115. The maximum atomic E-state index is 12.4. The van der Waals surface area contributed by atoms with Crippen LogP contribution < -0.4 is 10.6 Å². The summed E-state index contributed by atoms with van der Waals surface area (Å²) in [6.07, 6.45) is 1.68. The summed E-state index contributed by atoms with van der Waals surface area (Å²) < 4.78 is 0. The van der Waals surface area contributed by atoms with E-state index >= 15 is 0 Å². The molecule has 22 heavy (non-hydrogen) atoms. The van der Waals surface area contributed by atoms with Crippen LogP contribution >= 0.6 is 0 Å². The van der Waals surface area contributed by atoms with E-state index in [4.69, 9.17) is 0 Å². The van der Waals surface area contributed by atoms with Gasteiger partial charge in [-0.1, -0.05) is 50.6 Å². The van der Waals surface area contributed by atoms with Crippen LogP contribution in [0.5, 0.6) is 0 Å². The second-order valence-electron chi connectivity index (χ2n) is 5.50. The van der Waals surface area contributed by atoms with Gasteiger partial charge < -0.3 is 0 Å². The molecular formula is C16H20N2NaO3. The average Bonchev–Trinajstić information content (AvgIpc) is 2.47. The van der Waals surface area contributed by atoms with Gasteiger partial charge in [0.05, 0.1) is 0 Å². The Hall–Kier alpha value is -1.17. The first-order valence-corrected chi connectivity index (χ1v) is 7.21. The molecule has 6 heteroatoms. The maximum Gasteiger partial charge on any atom is 0.328 e. The van der Waals surface area contributed by atoms with Crippen molar-refractivity contribution >= 4 is 47.4 Å². The third-order valence-corrected chi connectivity index (χ3v) is 4.37. The van der Waals surface area contributed by atoms with Gasteiger partial charge in [-0.05, 0) is 24.3 Å². The Balaban J connectivity index is 0.00000242. The van der Waals surface area contributed by atoms with Crippen molar-refractivity contribution in [2.24, 2.45) is 11.3 Å². The number of amides is 4. The number of rotatable bonds is 5. The molecule has 1 aromatic carbocycles. The summed E-state index contributed by atoms with van der Waals surface area (Å²) in [5.74, 6) is -1.11. The predicted octanol–water partition coefficient (Wildman–Crippen LogP) is 1.64. The van der Waals surface area contributed by atoms with Crippen LogP contribution in [0.15, 0.2) is 30.3 Å². The molecule has 5 nitrogen and oxygen atoms in total. The fourth-order valence-electron chi connectivity index (χ4n) is 2.82. The van der Waals surface area contributed by atoms with Crippen LogP contribution in [-0.4, -0.2) is 47.4 Å². The van der Waals surface area contributed by atoms with E-state index in [2.05, 4.69) is 10.6 Å². The van der Waals surface area contributed by atoms with Crippen LogP contribution in [0.25, 0.3) is 0 Å². The molecule has 0 saturated carbocycles. The third-order valence-electron chi connectivity index (χ3n) is 4.37. The van der Waals surface area contributed by atoms with Crippen LogP contribution in [0.3, 0.4) is 0 Å². The van der Waals surface area contributed by atoms with Crippen LogP contribution in [0, 0.1) is 11.3 Å². The van der Waals surface area contributed by atoms with Crippen molar-refractivity contribution < 1.29 is 14.4 Å². The van der Waals surface area contributed by atoms with Crippen molar-refractivity contribution in [3.63, 3.8) is 0 Å². The van der Waals surface area contributed by atoms with Gasteiger partial charge in [0.15, 0.2) is 0 Å². The Morgan fingerprint density at radius 1 is 1.05 bits per heavy atom. The summed E-state index contributed by atoms with van der Waals surface area (Å²) in [5, 5.41) is 4.48. The Bertz CT molecular complexity index is 540. The molecule has 2 rings (SSSR count). The molecule has 0 bridgehead atoms. The molecule has 0 aliphatic carbocycles. The number of imide groups is 2. The molecule has 1 aromatic rings. The molecular weight excluding hydrogens is 291 g/mol. The zero-order valence-electron chi connectivity index (χ0n) is 13.3. The second kappa shape index (κ2) is 7.90. The van der Waals surface area contributed by atoms with Gasteiger partial charge in [0.25, 0.3) is 0 Å². The van der Waals surface area contributed by atoms with E-state index in [9.17, 15) is 14.4 Å². The van der Waals surface area contributed by atoms with E-state index in [1.54, 1.807) is 0 Å². The number of benzene rings is 1. The molecule has 1 unspecified atom stereocenters. The number of nitrogens with one attached hydrogen (secondary N) is 2. The maximum absolute atomic E-state index is 12.4. The van der Waals surface area contributed by atoms with Crippen molar-refractivity contribution in [3.05, 3.63) is 35.9 Å². The van der Waals surface area contributed by atoms with Gasteiger partial charge >= 0.3 is 6.03 Å². The molecule has 1 aliphatic rings. The molecule has 113 valence electrons. The Labute approximate surface area is 152 Å². The van der Waals surface area contributed by atoms with Crippen LogP contribution in [-0.2, 0) is 16.0 Å². The molecule has 1 aliphatic heterocycles. The summed E-state index contributed by atoms with van der Waals surface area (Å²) >= 11 is 0. The predicted molar refractivity (Wildman–Crippen MR) is 84.1 cm³/mol. The fraction of sp³-hybridized carbons (Fsp3) is 0.438. The van der Waals surface area contributed by atoms with Crippen molar-refractivity contribution in [2.75, 3.05) is 0 Å². The van der Waals surface area contributed by atoms with E-state index < -0.39 is 23.3 Å². The van der Waals surface area contributed by atoms with E-state index in [0.29, 0.717) is 19.3 Å². The molecule has 4 amide bonds. The summed E-state index contributed by atoms with van der Waals surface area (Å²) in [6, 6.07) is 8.98. The zero-order chi connectivity index (χ0) is 15.5. The summed E-state index contributed by atoms with van der Waals surface area (Å²) in [4.78, 5) is 36.0. The van der Waals surface area contributed by atoms with Gasteiger partial charge in [-0.2, -0.15) is 0 Å². The van der Waals surface area contributed by atoms with Gasteiger partial charge in [-0.25, -0.2) is 4.79 Å². The number of urea groups is 1. The molecule has 1 saturated heterocycles. The number of hydrogen-bond donors (Lipinski definition) is 2. The standard InChI is InChI=1S/C16H20N2O3.Na/c1-3-11(2)16(10-9-12-7-5-4-6-8-12)13(19)17-15(21)18-14(16)20;/h4-8,11H,3,9-10H2,1-2H3,(H2,17,18,19,20,21);. The zero-order valence-corrected chi connectivity index (χ0v) is 15.3. The van der Waals surface area contributed by atoms with E-state index in [0.717, 1.165) is 5.56 Å². The first kappa shape index (κ1) is 18.9. The molecule has 1 radical (unpaired) electrons. The van der Waals surface area contributed by atoms with Crippen molar-refractivity contribution in [1.29, 1.82) is 0 Å². The fourth-order valence-corrected chi connectivity index (χ4v) is 2.82. The van der Waals surface area contributed by atoms with Crippen molar-refractivity contribution in [3.8, 4) is 0 Å². The average molecular weight is 311 g/mol. The SMILES string of the molecule is CCC(C)C1(CCc2ccccc2)C(=O)NC(=O)NC1=O.[Na]. The van der Waals surface area contributed by atoms with Crippen molar-refractivity contribution in [2.45, 2.75) is 33.1 Å². The molecule has 0 aromatic heterocycles. The quantitative estimate of drug-likeness (QED) is 0.641. The molecule has 1 heterocycles. The topological polar surface area (TPSA) is 75.3 Å². The molecule has 1 fully saturated rings. The van der Waals surface area contributed by atoms with E-state index in [1.807, 2.05) is 44.2 Å². The third kappa shape index (κ3) is 3.59. The van der Waals surface area contributed by atoms with Gasteiger partial charge in [0, 0.05) is 29.6 Å². The Morgan fingerprint density at radius 2 is 1.59 bits per heavy atom. The normalized spacial score (nSPS) is 18.0. The smallest absolute Gasteiger partial charge is 0.277 e. The van der Waals surface area contributed by atoms with Gasteiger partial charge in [-0.3, -0.25) is 20.2 Å². The first-order valence-electron chi connectivity index (χ1n) is 7.21. The number of carbonyl (C=O) groups is 3. The van der Waals surface area contributed by atoms with Crippen LogP contribution in [0.1, 0.15) is 32.3 Å². The minimum Gasteiger partial charge on any atom is -0.277 e. The summed E-state index contributed by atoms with van der Waals surface area (Å²) in [7, 11) is 0.